The van der Waals surface area contributed by atoms with Crippen molar-refractivity contribution in [1.82, 2.24) is 0 Å². The Morgan fingerprint density at radius 2 is 1.28 bits per heavy atom. The number of furan rings is 1. The molecule has 0 aliphatic rings. The van der Waals surface area contributed by atoms with Gasteiger partial charge in [0.1, 0.15) is 11.5 Å². The fourth-order valence-corrected chi connectivity index (χ4v) is 2.42. The summed E-state index contributed by atoms with van der Waals surface area (Å²) in [4.78, 5) is 0. The van der Waals surface area contributed by atoms with E-state index in [-0.39, 0.29) is 0 Å². The van der Waals surface area contributed by atoms with Gasteiger partial charge in [-0.1, -0.05) is 60.7 Å². The van der Waals surface area contributed by atoms with Gasteiger partial charge in [0, 0.05) is 11.1 Å². The number of halogens is 1. The molecule has 0 saturated heterocycles. The predicted molar refractivity (Wildman–Crippen MR) is 77.3 cm³/mol. The van der Waals surface area contributed by atoms with Crippen LogP contribution in [-0.4, -0.2) is 0 Å². The van der Waals surface area contributed by atoms with Crippen LogP contribution in [0, 0.1) is 0 Å². The molecule has 0 fully saturated rings. The lowest BCUT2D eigenvalue weighted by Crippen LogP contribution is -1.73. The first-order valence-electron chi connectivity index (χ1n) is 5.75. The van der Waals surface area contributed by atoms with E-state index >= 15 is 0 Å². The molecular formula is C16H11BrO. The molecule has 0 aliphatic carbocycles. The number of benzene rings is 2. The van der Waals surface area contributed by atoms with Gasteiger partial charge in [0.15, 0.2) is 0 Å². The van der Waals surface area contributed by atoms with Gasteiger partial charge < -0.3 is 4.42 Å². The summed E-state index contributed by atoms with van der Waals surface area (Å²) in [6.45, 7) is 0. The first-order valence-corrected chi connectivity index (χ1v) is 6.54. The van der Waals surface area contributed by atoms with E-state index in [1.165, 1.54) is 0 Å². The van der Waals surface area contributed by atoms with Gasteiger partial charge in [-0.15, -0.1) is 0 Å². The second-order valence-corrected chi connectivity index (χ2v) is 4.87. The monoisotopic (exact) mass is 298 g/mol. The minimum Gasteiger partial charge on any atom is -0.455 e. The van der Waals surface area contributed by atoms with Crippen LogP contribution in [0.4, 0.5) is 0 Å². The maximum absolute atomic E-state index is 5.94. The molecule has 0 bridgehead atoms. The standard InChI is InChI=1S/C16H11BrO/c17-14-11-15(12-7-3-1-4-8-12)18-16(14)13-9-5-2-6-10-13/h1-11H. The largest absolute Gasteiger partial charge is 0.455 e. The van der Waals surface area contributed by atoms with E-state index in [4.69, 9.17) is 4.42 Å². The first-order chi connectivity index (χ1) is 8.84. The Kier molecular flexibility index (Phi) is 3.03. The molecule has 2 heteroatoms. The second-order valence-electron chi connectivity index (χ2n) is 4.02. The zero-order valence-electron chi connectivity index (χ0n) is 9.64. The summed E-state index contributed by atoms with van der Waals surface area (Å²) in [6.07, 6.45) is 0. The van der Waals surface area contributed by atoms with Crippen LogP contribution in [0.2, 0.25) is 0 Å². The van der Waals surface area contributed by atoms with Crippen LogP contribution >= 0.6 is 15.9 Å². The Labute approximate surface area is 114 Å². The van der Waals surface area contributed by atoms with Gasteiger partial charge in [-0.2, -0.15) is 0 Å². The molecule has 0 aliphatic heterocycles. The van der Waals surface area contributed by atoms with Crippen molar-refractivity contribution in [1.29, 1.82) is 0 Å². The SMILES string of the molecule is Brc1cc(-c2ccccc2)oc1-c1ccccc1. The van der Waals surface area contributed by atoms with E-state index in [1.807, 2.05) is 66.7 Å². The van der Waals surface area contributed by atoms with Crippen molar-refractivity contribution < 1.29 is 4.42 Å². The summed E-state index contributed by atoms with van der Waals surface area (Å²) in [5.41, 5.74) is 2.16. The van der Waals surface area contributed by atoms with Gasteiger partial charge in [-0.3, -0.25) is 0 Å². The Balaban J connectivity index is 2.07. The number of hydrogen-bond acceptors (Lipinski definition) is 1. The molecule has 1 nitrogen and oxygen atoms in total. The third-order valence-electron chi connectivity index (χ3n) is 2.78. The van der Waals surface area contributed by atoms with Gasteiger partial charge in [0.25, 0.3) is 0 Å². The third-order valence-corrected chi connectivity index (χ3v) is 3.37. The van der Waals surface area contributed by atoms with Crippen molar-refractivity contribution in [3.63, 3.8) is 0 Å². The smallest absolute Gasteiger partial charge is 0.148 e. The van der Waals surface area contributed by atoms with Crippen LogP contribution < -0.4 is 0 Å². The summed E-state index contributed by atoms with van der Waals surface area (Å²) >= 11 is 3.56. The summed E-state index contributed by atoms with van der Waals surface area (Å²) < 4.78 is 6.92. The van der Waals surface area contributed by atoms with Crippen LogP contribution in [-0.2, 0) is 0 Å². The van der Waals surface area contributed by atoms with Crippen molar-refractivity contribution in [2.75, 3.05) is 0 Å². The van der Waals surface area contributed by atoms with Gasteiger partial charge in [-0.05, 0) is 22.0 Å². The summed E-state index contributed by atoms with van der Waals surface area (Å²) in [6, 6.07) is 22.2. The predicted octanol–water partition coefficient (Wildman–Crippen LogP) is 5.38. The van der Waals surface area contributed by atoms with Crippen molar-refractivity contribution in [3.05, 3.63) is 71.2 Å². The molecule has 3 rings (SSSR count). The van der Waals surface area contributed by atoms with Crippen molar-refractivity contribution in [2.45, 2.75) is 0 Å². The summed E-state index contributed by atoms with van der Waals surface area (Å²) in [5.74, 6) is 1.75. The molecular weight excluding hydrogens is 288 g/mol. The van der Waals surface area contributed by atoms with Crippen LogP contribution in [0.25, 0.3) is 22.6 Å². The lowest BCUT2D eigenvalue weighted by atomic mass is 10.2. The average Bonchev–Trinajstić information content (AvgIpc) is 2.83. The summed E-state index contributed by atoms with van der Waals surface area (Å²) in [5, 5.41) is 0. The second kappa shape index (κ2) is 4.83. The molecule has 0 N–H and O–H groups in total. The van der Waals surface area contributed by atoms with Crippen molar-refractivity contribution in [2.24, 2.45) is 0 Å². The van der Waals surface area contributed by atoms with E-state index in [0.29, 0.717) is 0 Å². The maximum Gasteiger partial charge on any atom is 0.148 e. The third kappa shape index (κ3) is 2.12. The highest BCUT2D eigenvalue weighted by atomic mass is 79.9. The highest BCUT2D eigenvalue weighted by molar-refractivity contribution is 9.10. The average molecular weight is 299 g/mol. The van der Waals surface area contributed by atoms with E-state index < -0.39 is 0 Å². The minimum atomic E-state index is 0.870. The molecule has 0 atom stereocenters. The van der Waals surface area contributed by atoms with Gasteiger partial charge >= 0.3 is 0 Å². The van der Waals surface area contributed by atoms with E-state index in [2.05, 4.69) is 15.9 Å². The van der Waals surface area contributed by atoms with Crippen LogP contribution in [0.3, 0.4) is 0 Å². The Hall–Kier alpha value is -1.80. The molecule has 1 aromatic heterocycles. The van der Waals surface area contributed by atoms with Gasteiger partial charge in [0.2, 0.25) is 0 Å². The molecule has 0 amide bonds. The fraction of sp³-hybridized carbons (Fsp3) is 0. The Bertz CT molecular complexity index is 641. The highest BCUT2D eigenvalue weighted by Gasteiger charge is 2.11. The number of hydrogen-bond donors (Lipinski definition) is 0. The maximum atomic E-state index is 5.94. The Morgan fingerprint density at radius 3 is 1.89 bits per heavy atom. The molecule has 1 heterocycles. The van der Waals surface area contributed by atoms with Gasteiger partial charge in [-0.25, -0.2) is 0 Å². The molecule has 88 valence electrons. The van der Waals surface area contributed by atoms with Crippen LogP contribution in [0.1, 0.15) is 0 Å². The quantitative estimate of drug-likeness (QED) is 0.619. The minimum absolute atomic E-state index is 0.870. The van der Waals surface area contributed by atoms with Crippen LogP contribution in [0.5, 0.6) is 0 Å². The zero-order chi connectivity index (χ0) is 12.4. The fourth-order valence-electron chi connectivity index (χ4n) is 1.90. The molecule has 0 saturated carbocycles. The lowest BCUT2D eigenvalue weighted by molar-refractivity contribution is 0.596. The molecule has 0 radical (unpaired) electrons. The van der Waals surface area contributed by atoms with Crippen molar-refractivity contribution >= 4 is 15.9 Å². The molecule has 0 spiro atoms. The first kappa shape index (κ1) is 11.3. The van der Waals surface area contributed by atoms with E-state index in [1.54, 1.807) is 0 Å². The number of rotatable bonds is 2. The van der Waals surface area contributed by atoms with E-state index in [9.17, 15) is 0 Å². The normalized spacial score (nSPS) is 10.5. The Morgan fingerprint density at radius 1 is 0.722 bits per heavy atom. The zero-order valence-corrected chi connectivity index (χ0v) is 11.2. The highest BCUT2D eigenvalue weighted by Crippen LogP contribution is 2.35. The molecule has 0 unspecified atom stereocenters. The molecule has 3 aromatic rings. The molecule has 18 heavy (non-hydrogen) atoms. The van der Waals surface area contributed by atoms with E-state index in [0.717, 1.165) is 27.1 Å². The van der Waals surface area contributed by atoms with Crippen LogP contribution in [0.15, 0.2) is 75.6 Å². The molecule has 2 aromatic carbocycles. The topological polar surface area (TPSA) is 13.1 Å². The lowest BCUT2D eigenvalue weighted by Gasteiger charge is -1.98. The summed E-state index contributed by atoms with van der Waals surface area (Å²) in [7, 11) is 0. The van der Waals surface area contributed by atoms with Gasteiger partial charge in [0.05, 0.1) is 4.47 Å². The van der Waals surface area contributed by atoms with Crippen molar-refractivity contribution in [3.8, 4) is 22.6 Å².